The normalized spacial score (nSPS) is 11.3. The first-order chi connectivity index (χ1) is 13.0. The van der Waals surface area contributed by atoms with E-state index < -0.39 is 0 Å². The summed E-state index contributed by atoms with van der Waals surface area (Å²) in [5.74, 6) is 3.68. The van der Waals surface area contributed by atoms with Crippen LogP contribution in [0.4, 0.5) is 0 Å². The average molecular weight is 387 g/mol. The average Bonchev–Trinajstić information content (AvgIpc) is 3.24. The van der Waals surface area contributed by atoms with Crippen LogP contribution in [0.3, 0.4) is 0 Å². The molecule has 6 nitrogen and oxygen atoms in total. The zero-order valence-electron chi connectivity index (χ0n) is 16.3. The van der Waals surface area contributed by atoms with Crippen molar-refractivity contribution in [3.05, 3.63) is 53.2 Å². The van der Waals surface area contributed by atoms with Gasteiger partial charge in [0.1, 0.15) is 18.1 Å². The molecule has 2 heterocycles. The van der Waals surface area contributed by atoms with Gasteiger partial charge in [0.2, 0.25) is 0 Å². The Labute approximate surface area is 164 Å². The highest BCUT2D eigenvalue weighted by Gasteiger charge is 2.15. The molecule has 0 unspecified atom stereocenters. The summed E-state index contributed by atoms with van der Waals surface area (Å²) in [5, 5.41) is 13.6. The third kappa shape index (κ3) is 5.35. The van der Waals surface area contributed by atoms with Gasteiger partial charge in [-0.3, -0.25) is 0 Å². The molecule has 0 atom stereocenters. The van der Waals surface area contributed by atoms with Gasteiger partial charge in [-0.15, -0.1) is 10.2 Å². The molecule has 2 aromatic heterocycles. The van der Waals surface area contributed by atoms with Crippen molar-refractivity contribution in [3.63, 3.8) is 0 Å². The fourth-order valence-corrected chi connectivity index (χ4v) is 3.52. The van der Waals surface area contributed by atoms with Crippen LogP contribution >= 0.6 is 11.8 Å². The maximum absolute atomic E-state index is 5.93. The second-order valence-electron chi connectivity index (χ2n) is 6.91. The van der Waals surface area contributed by atoms with Crippen LogP contribution in [0.1, 0.15) is 43.6 Å². The molecule has 3 aromatic rings. The number of hydrogen-bond donors (Lipinski definition) is 0. The summed E-state index contributed by atoms with van der Waals surface area (Å²) in [7, 11) is 0. The first-order valence-corrected chi connectivity index (χ1v) is 10.2. The molecule has 0 spiro atoms. The Morgan fingerprint density at radius 2 is 1.96 bits per heavy atom. The molecular formula is C20H26N4O2S. The van der Waals surface area contributed by atoms with E-state index in [-0.39, 0.29) is 0 Å². The van der Waals surface area contributed by atoms with Gasteiger partial charge in [0.05, 0.1) is 5.69 Å². The third-order valence-electron chi connectivity index (χ3n) is 4.07. The van der Waals surface area contributed by atoms with Crippen LogP contribution < -0.4 is 4.74 Å². The van der Waals surface area contributed by atoms with Gasteiger partial charge in [0, 0.05) is 18.4 Å². The third-order valence-corrected chi connectivity index (χ3v) is 5.07. The molecule has 0 aliphatic heterocycles. The Kier molecular flexibility index (Phi) is 6.55. The first-order valence-electron chi connectivity index (χ1n) is 9.24. The molecule has 0 fully saturated rings. The predicted octanol–water partition coefficient (Wildman–Crippen LogP) is 4.66. The lowest BCUT2D eigenvalue weighted by Gasteiger charge is -2.13. The second kappa shape index (κ2) is 9.08. The van der Waals surface area contributed by atoms with Crippen LogP contribution in [0, 0.1) is 12.8 Å². The molecule has 0 aliphatic carbocycles. The van der Waals surface area contributed by atoms with Crippen molar-refractivity contribution in [2.75, 3.05) is 0 Å². The number of aromatic nitrogens is 4. The molecule has 0 saturated carbocycles. The number of hydrogen-bond acceptors (Lipinski definition) is 6. The lowest BCUT2D eigenvalue weighted by atomic mass is 10.2. The maximum atomic E-state index is 5.93. The number of ether oxygens (including phenoxy) is 1. The first kappa shape index (κ1) is 19.5. The second-order valence-corrected chi connectivity index (χ2v) is 7.85. The molecule has 27 heavy (non-hydrogen) atoms. The fourth-order valence-electron chi connectivity index (χ4n) is 2.67. The summed E-state index contributed by atoms with van der Waals surface area (Å²) in [6.07, 6.45) is 1.02. The Morgan fingerprint density at radius 1 is 1.19 bits per heavy atom. The van der Waals surface area contributed by atoms with Gasteiger partial charge in [0.15, 0.2) is 11.0 Å². The number of rotatable bonds is 9. The minimum Gasteiger partial charge on any atom is -0.486 e. The van der Waals surface area contributed by atoms with E-state index in [2.05, 4.69) is 52.8 Å². The minimum absolute atomic E-state index is 0.398. The molecule has 3 rings (SSSR count). The summed E-state index contributed by atoms with van der Waals surface area (Å²) < 4.78 is 13.2. The minimum atomic E-state index is 0.398. The van der Waals surface area contributed by atoms with Crippen LogP contribution in [0.2, 0.25) is 0 Å². The highest BCUT2D eigenvalue weighted by molar-refractivity contribution is 7.98. The van der Waals surface area contributed by atoms with E-state index in [0.717, 1.165) is 41.2 Å². The number of nitrogens with zero attached hydrogens (tertiary/aromatic N) is 4. The van der Waals surface area contributed by atoms with E-state index in [1.807, 2.05) is 25.1 Å². The van der Waals surface area contributed by atoms with Gasteiger partial charge >= 0.3 is 0 Å². The maximum Gasteiger partial charge on any atom is 0.191 e. The van der Waals surface area contributed by atoms with Crippen molar-refractivity contribution in [1.82, 2.24) is 19.9 Å². The zero-order valence-corrected chi connectivity index (χ0v) is 17.1. The van der Waals surface area contributed by atoms with Gasteiger partial charge < -0.3 is 13.8 Å². The van der Waals surface area contributed by atoms with Gasteiger partial charge in [0.25, 0.3) is 0 Å². The molecule has 7 heteroatoms. The van der Waals surface area contributed by atoms with E-state index >= 15 is 0 Å². The van der Waals surface area contributed by atoms with Gasteiger partial charge in [-0.05, 0) is 37.0 Å². The highest BCUT2D eigenvalue weighted by atomic mass is 32.2. The van der Waals surface area contributed by atoms with E-state index in [4.69, 9.17) is 9.26 Å². The lowest BCUT2D eigenvalue weighted by Crippen LogP contribution is -2.12. The van der Waals surface area contributed by atoms with Crippen LogP contribution in [-0.2, 0) is 25.3 Å². The Morgan fingerprint density at radius 3 is 2.59 bits per heavy atom. The molecule has 0 radical (unpaired) electrons. The molecule has 0 amide bonds. The zero-order chi connectivity index (χ0) is 19.2. The van der Waals surface area contributed by atoms with E-state index in [0.29, 0.717) is 18.3 Å². The van der Waals surface area contributed by atoms with Crippen molar-refractivity contribution in [3.8, 4) is 5.75 Å². The van der Waals surface area contributed by atoms with E-state index in [9.17, 15) is 0 Å². The van der Waals surface area contributed by atoms with Crippen LogP contribution in [0.5, 0.6) is 5.75 Å². The number of thioether (sulfide) groups is 1. The number of benzene rings is 1. The molecule has 0 N–H and O–H groups in total. The lowest BCUT2D eigenvalue weighted by molar-refractivity contribution is 0.284. The topological polar surface area (TPSA) is 66.0 Å². The molecule has 0 bridgehead atoms. The predicted molar refractivity (Wildman–Crippen MR) is 106 cm³/mol. The largest absolute Gasteiger partial charge is 0.486 e. The van der Waals surface area contributed by atoms with Crippen molar-refractivity contribution < 1.29 is 9.26 Å². The van der Waals surface area contributed by atoms with E-state index in [1.54, 1.807) is 11.8 Å². The van der Waals surface area contributed by atoms with Crippen molar-refractivity contribution in [2.24, 2.45) is 5.92 Å². The summed E-state index contributed by atoms with van der Waals surface area (Å²) >= 11 is 1.61. The molecular weight excluding hydrogens is 360 g/mol. The van der Waals surface area contributed by atoms with Crippen molar-refractivity contribution in [1.29, 1.82) is 0 Å². The Balaban J connectivity index is 1.68. The van der Waals surface area contributed by atoms with E-state index in [1.165, 1.54) is 5.56 Å². The quantitative estimate of drug-likeness (QED) is 0.498. The molecule has 0 aliphatic rings. The van der Waals surface area contributed by atoms with Gasteiger partial charge in [-0.2, -0.15) is 0 Å². The van der Waals surface area contributed by atoms with Crippen LogP contribution in [-0.4, -0.2) is 19.9 Å². The van der Waals surface area contributed by atoms with Crippen LogP contribution in [0.25, 0.3) is 0 Å². The van der Waals surface area contributed by atoms with Crippen LogP contribution in [0.15, 0.2) is 40.0 Å². The number of aryl methyl sites for hydroxylation is 2. The van der Waals surface area contributed by atoms with Crippen molar-refractivity contribution >= 4 is 11.8 Å². The summed E-state index contributed by atoms with van der Waals surface area (Å²) in [5.41, 5.74) is 2.21. The smallest absolute Gasteiger partial charge is 0.191 e. The molecule has 144 valence electrons. The summed E-state index contributed by atoms with van der Waals surface area (Å²) in [6, 6.07) is 10.1. The fraction of sp³-hybridized carbons (Fsp3) is 0.450. The highest BCUT2D eigenvalue weighted by Crippen LogP contribution is 2.23. The van der Waals surface area contributed by atoms with Crippen molar-refractivity contribution in [2.45, 2.75) is 58.2 Å². The summed E-state index contributed by atoms with van der Waals surface area (Å²) in [4.78, 5) is 0. The van der Waals surface area contributed by atoms with Gasteiger partial charge in [-0.25, -0.2) is 0 Å². The van der Waals surface area contributed by atoms with Gasteiger partial charge in [-0.1, -0.05) is 49.8 Å². The molecule has 0 saturated heterocycles. The molecule has 1 aromatic carbocycles. The Hall–Kier alpha value is -2.28. The monoisotopic (exact) mass is 386 g/mol. The Bertz CT molecular complexity index is 855. The standard InChI is InChI=1S/C20H26N4O2S/c1-5-16-6-8-18(9-7-16)25-12-19-21-22-20(24(19)11-14(2)3)27-13-17-10-15(4)26-23-17/h6-10,14H,5,11-13H2,1-4H3. The summed E-state index contributed by atoms with van der Waals surface area (Å²) in [6.45, 7) is 9.65. The SMILES string of the molecule is CCc1ccc(OCc2nnc(SCc3cc(C)on3)n2CC(C)C)cc1.